The van der Waals surface area contributed by atoms with Gasteiger partial charge in [-0.1, -0.05) is 15.9 Å². The highest BCUT2D eigenvalue weighted by Crippen LogP contribution is 2.22. The number of carbonyl (C=O) groups excluding carboxylic acids is 1. The Hall–Kier alpha value is -1.24. The normalized spacial score (nSPS) is 10.7. The molecule has 0 atom stereocenters. The molecule has 0 radical (unpaired) electrons. The Morgan fingerprint density at radius 3 is 2.67 bits per heavy atom. The molecule has 1 heterocycles. The van der Waals surface area contributed by atoms with Crippen LogP contribution < -0.4 is 5.56 Å². The highest BCUT2D eigenvalue weighted by molar-refractivity contribution is 9.08. The molecule has 0 saturated heterocycles. The molecule has 0 fully saturated rings. The van der Waals surface area contributed by atoms with Gasteiger partial charge in [0.1, 0.15) is 0 Å². The Morgan fingerprint density at radius 2 is 2.17 bits per heavy atom. The van der Waals surface area contributed by atoms with Crippen LogP contribution in [-0.4, -0.2) is 17.6 Å². The average molecular weight is 324 g/mol. The number of alkyl halides is 3. The summed E-state index contributed by atoms with van der Waals surface area (Å²) in [5, 5.41) is 0.166. The maximum absolute atomic E-state index is 12.6. The number of carbonyl (C=O) groups is 1. The third-order valence-corrected chi connectivity index (χ3v) is 2.84. The summed E-state index contributed by atoms with van der Waals surface area (Å²) in [5.41, 5.74) is -0.747. The van der Waals surface area contributed by atoms with Crippen LogP contribution in [-0.2, 0) is 21.3 Å². The third-order valence-electron chi connectivity index (χ3n) is 2.24. The molecule has 1 aromatic heterocycles. The van der Waals surface area contributed by atoms with E-state index in [1.165, 1.54) is 6.07 Å². The largest absolute Gasteiger partial charge is 0.466 e. The zero-order valence-electron chi connectivity index (χ0n) is 9.63. The molecular formula is C11H12BrF2NO3. The Kier molecular flexibility index (Phi) is 5.46. The van der Waals surface area contributed by atoms with Gasteiger partial charge in [-0.15, -0.1) is 0 Å². The summed E-state index contributed by atoms with van der Waals surface area (Å²) in [6.45, 7) is 1.85. The SMILES string of the molecule is CCOC(=O)Cc1cc(CBr)c(C(F)F)[nH]c1=O. The second-order valence-corrected chi connectivity index (χ2v) is 4.04. The van der Waals surface area contributed by atoms with Gasteiger partial charge in [0.25, 0.3) is 12.0 Å². The summed E-state index contributed by atoms with van der Waals surface area (Å²) in [5.74, 6) is -0.562. The molecule has 4 nitrogen and oxygen atoms in total. The number of pyridine rings is 1. The van der Waals surface area contributed by atoms with Gasteiger partial charge in [-0.25, -0.2) is 8.78 Å². The number of hydrogen-bond donors (Lipinski definition) is 1. The quantitative estimate of drug-likeness (QED) is 0.668. The smallest absolute Gasteiger partial charge is 0.310 e. The zero-order chi connectivity index (χ0) is 13.7. The van der Waals surface area contributed by atoms with Gasteiger partial charge in [-0.3, -0.25) is 9.59 Å². The summed E-state index contributed by atoms with van der Waals surface area (Å²) in [6, 6.07) is 1.30. The number of aromatic amines is 1. The second kappa shape index (κ2) is 6.63. The van der Waals surface area contributed by atoms with Gasteiger partial charge in [-0.05, 0) is 18.6 Å². The fraction of sp³-hybridized carbons (Fsp3) is 0.455. The van der Waals surface area contributed by atoms with Gasteiger partial charge in [-0.2, -0.15) is 0 Å². The lowest BCUT2D eigenvalue weighted by Crippen LogP contribution is -2.20. The first-order valence-corrected chi connectivity index (χ1v) is 6.36. The monoisotopic (exact) mass is 323 g/mol. The highest BCUT2D eigenvalue weighted by Gasteiger charge is 2.17. The van der Waals surface area contributed by atoms with Gasteiger partial charge in [0.05, 0.1) is 18.7 Å². The molecule has 1 aromatic rings. The molecule has 0 aliphatic carbocycles. The van der Waals surface area contributed by atoms with E-state index in [2.05, 4.69) is 20.9 Å². The molecule has 0 saturated carbocycles. The Balaban J connectivity index is 3.08. The second-order valence-electron chi connectivity index (χ2n) is 3.48. The molecule has 0 amide bonds. The van der Waals surface area contributed by atoms with Crippen molar-refractivity contribution in [1.82, 2.24) is 4.98 Å². The van der Waals surface area contributed by atoms with Crippen LogP contribution in [0.5, 0.6) is 0 Å². The first-order valence-electron chi connectivity index (χ1n) is 5.24. The van der Waals surface area contributed by atoms with Crippen molar-refractivity contribution in [3.63, 3.8) is 0 Å². The summed E-state index contributed by atoms with van der Waals surface area (Å²) >= 11 is 3.06. The summed E-state index contributed by atoms with van der Waals surface area (Å²) in [6.07, 6.45) is -2.99. The van der Waals surface area contributed by atoms with E-state index in [-0.39, 0.29) is 29.5 Å². The van der Waals surface area contributed by atoms with Crippen LogP contribution in [0.1, 0.15) is 30.2 Å². The van der Waals surface area contributed by atoms with Crippen molar-refractivity contribution >= 4 is 21.9 Å². The zero-order valence-corrected chi connectivity index (χ0v) is 11.2. The van der Waals surface area contributed by atoms with Gasteiger partial charge in [0.2, 0.25) is 0 Å². The molecule has 1 N–H and O–H groups in total. The van der Waals surface area contributed by atoms with E-state index in [0.29, 0.717) is 0 Å². The molecule has 100 valence electrons. The van der Waals surface area contributed by atoms with Crippen LogP contribution in [0.25, 0.3) is 0 Å². The number of esters is 1. The molecule has 18 heavy (non-hydrogen) atoms. The molecule has 0 aliphatic heterocycles. The van der Waals surface area contributed by atoms with Crippen molar-refractivity contribution < 1.29 is 18.3 Å². The number of H-pyrrole nitrogens is 1. The molecule has 0 aliphatic rings. The fourth-order valence-electron chi connectivity index (χ4n) is 1.44. The fourth-order valence-corrected chi connectivity index (χ4v) is 1.90. The standard InChI is InChI=1S/C11H12BrF2NO3/c1-2-18-8(16)4-6-3-7(5-12)9(10(13)14)15-11(6)17/h3,10H,2,4-5H2,1H3,(H,15,17). The van der Waals surface area contributed by atoms with Crippen molar-refractivity contribution in [2.24, 2.45) is 0 Å². The van der Waals surface area contributed by atoms with Crippen LogP contribution >= 0.6 is 15.9 Å². The van der Waals surface area contributed by atoms with Crippen molar-refractivity contribution in [3.05, 3.63) is 33.2 Å². The first kappa shape index (κ1) is 14.8. The minimum atomic E-state index is -2.76. The molecular weight excluding hydrogens is 312 g/mol. The maximum atomic E-state index is 12.6. The Labute approximate surface area is 110 Å². The van der Waals surface area contributed by atoms with Crippen LogP contribution in [0.15, 0.2) is 10.9 Å². The van der Waals surface area contributed by atoms with Crippen molar-refractivity contribution in [2.75, 3.05) is 6.61 Å². The summed E-state index contributed by atoms with van der Waals surface area (Å²) < 4.78 is 30.0. The number of hydrogen-bond acceptors (Lipinski definition) is 3. The molecule has 0 unspecified atom stereocenters. The number of aromatic nitrogens is 1. The van der Waals surface area contributed by atoms with Crippen LogP contribution in [0.2, 0.25) is 0 Å². The molecule has 0 aromatic carbocycles. The Morgan fingerprint density at radius 1 is 1.50 bits per heavy atom. The van der Waals surface area contributed by atoms with E-state index in [9.17, 15) is 18.4 Å². The van der Waals surface area contributed by atoms with E-state index in [4.69, 9.17) is 4.74 Å². The molecule has 0 bridgehead atoms. The minimum absolute atomic E-state index is 0.118. The number of ether oxygens (including phenoxy) is 1. The van der Waals surface area contributed by atoms with E-state index in [0.717, 1.165) is 0 Å². The molecule has 1 rings (SSSR count). The van der Waals surface area contributed by atoms with E-state index < -0.39 is 23.6 Å². The van der Waals surface area contributed by atoms with Crippen LogP contribution in [0.3, 0.4) is 0 Å². The van der Waals surface area contributed by atoms with Gasteiger partial charge in [0.15, 0.2) is 0 Å². The van der Waals surface area contributed by atoms with Crippen molar-refractivity contribution in [2.45, 2.75) is 25.1 Å². The van der Waals surface area contributed by atoms with Gasteiger partial charge in [0, 0.05) is 10.9 Å². The lowest BCUT2D eigenvalue weighted by Gasteiger charge is -2.08. The topological polar surface area (TPSA) is 59.2 Å². The van der Waals surface area contributed by atoms with E-state index in [1.54, 1.807) is 6.92 Å². The number of rotatable bonds is 5. The van der Waals surface area contributed by atoms with Gasteiger partial charge >= 0.3 is 5.97 Å². The molecule has 0 spiro atoms. The van der Waals surface area contributed by atoms with Crippen molar-refractivity contribution in [3.8, 4) is 0 Å². The summed E-state index contributed by atoms with van der Waals surface area (Å²) in [4.78, 5) is 24.9. The average Bonchev–Trinajstić information content (AvgIpc) is 2.31. The third kappa shape index (κ3) is 3.63. The van der Waals surface area contributed by atoms with E-state index >= 15 is 0 Å². The molecule has 7 heteroatoms. The minimum Gasteiger partial charge on any atom is -0.466 e. The maximum Gasteiger partial charge on any atom is 0.310 e. The van der Waals surface area contributed by atoms with Crippen LogP contribution in [0.4, 0.5) is 8.78 Å². The number of nitrogens with one attached hydrogen (secondary N) is 1. The predicted molar refractivity (Wildman–Crippen MR) is 65.0 cm³/mol. The van der Waals surface area contributed by atoms with Crippen molar-refractivity contribution in [1.29, 1.82) is 0 Å². The van der Waals surface area contributed by atoms with E-state index in [1.807, 2.05) is 0 Å². The van der Waals surface area contributed by atoms with Crippen LogP contribution in [0, 0.1) is 0 Å². The predicted octanol–water partition coefficient (Wildman–Crippen LogP) is 2.31. The number of halogens is 3. The Bertz CT molecular complexity index is 488. The lowest BCUT2D eigenvalue weighted by molar-refractivity contribution is -0.142. The van der Waals surface area contributed by atoms with Gasteiger partial charge < -0.3 is 9.72 Å². The highest BCUT2D eigenvalue weighted by atomic mass is 79.9. The first-order chi connectivity index (χ1) is 8.49. The lowest BCUT2D eigenvalue weighted by atomic mass is 10.1. The summed E-state index contributed by atoms with van der Waals surface area (Å²) in [7, 11) is 0.